The molecular formula is C35H46N4O6S. The molecule has 5 aliphatic rings. The van der Waals surface area contributed by atoms with Gasteiger partial charge in [-0.05, 0) is 92.8 Å². The number of nitrogens with one attached hydrogen (secondary N) is 1. The minimum Gasteiger partial charge on any atom is -0.500 e. The molecule has 10 nitrogen and oxygen atoms in total. The molecule has 2 aromatic rings. The number of aryl methyl sites for hydroxylation is 3. The van der Waals surface area contributed by atoms with Crippen LogP contribution in [0.25, 0.3) is 0 Å². The second-order valence-corrected chi connectivity index (χ2v) is 14.5. The van der Waals surface area contributed by atoms with Gasteiger partial charge in [-0.15, -0.1) is 0 Å². The number of benzene rings is 2. The monoisotopic (exact) mass is 650 g/mol. The molecule has 7 rings (SSSR count). The third-order valence-corrected chi connectivity index (χ3v) is 11.0. The summed E-state index contributed by atoms with van der Waals surface area (Å²) < 4.78 is 40.1. The first-order valence-electron chi connectivity index (χ1n) is 16.4. The third kappa shape index (κ3) is 7.81. The highest BCUT2D eigenvalue weighted by atomic mass is 32.2. The Hall–Kier alpha value is -3.70. The van der Waals surface area contributed by atoms with Gasteiger partial charge in [-0.2, -0.15) is 0 Å². The van der Waals surface area contributed by atoms with Crippen LogP contribution >= 0.6 is 0 Å². The summed E-state index contributed by atoms with van der Waals surface area (Å²) in [6.07, 6.45) is 9.19. The molecule has 5 aliphatic heterocycles. The number of ether oxygens (including phenoxy) is 2. The number of likely N-dealkylation sites (N-methyl/N-ethyl adjacent to an activating group) is 1. The lowest BCUT2D eigenvalue weighted by Crippen LogP contribution is -2.50. The molecule has 0 saturated carbocycles. The lowest BCUT2D eigenvalue weighted by molar-refractivity contribution is -0.124. The number of hydrogen-bond donors (Lipinski definition) is 1. The molecule has 46 heavy (non-hydrogen) atoms. The van der Waals surface area contributed by atoms with Crippen molar-refractivity contribution < 1.29 is 27.5 Å². The molecular weight excluding hydrogens is 604 g/mol. The van der Waals surface area contributed by atoms with E-state index in [9.17, 15) is 18.0 Å². The molecule has 0 atom stereocenters. The number of hydrogen-bond acceptors (Lipinski definition) is 7. The Morgan fingerprint density at radius 2 is 1.80 bits per heavy atom. The van der Waals surface area contributed by atoms with Crippen molar-refractivity contribution in [1.82, 2.24) is 14.5 Å². The second-order valence-electron chi connectivity index (χ2n) is 12.4. The maximum Gasteiger partial charge on any atom is 0.253 e. The Balaban J connectivity index is 1.37. The van der Waals surface area contributed by atoms with Gasteiger partial charge in [0.05, 0.1) is 25.2 Å². The van der Waals surface area contributed by atoms with Gasteiger partial charge in [0, 0.05) is 31.3 Å². The topological polar surface area (TPSA) is 118 Å². The number of unbranched alkanes of at least 4 members (excludes halogenated alkanes) is 1. The van der Waals surface area contributed by atoms with Crippen LogP contribution in [0.3, 0.4) is 0 Å². The molecule has 5 heterocycles. The Kier molecular flexibility index (Phi) is 10.8. The maximum atomic E-state index is 13.4. The number of carbonyl (C=O) groups excluding carboxylic acids is 2. The smallest absolute Gasteiger partial charge is 0.253 e. The zero-order chi connectivity index (χ0) is 32.7. The summed E-state index contributed by atoms with van der Waals surface area (Å²) in [5.74, 6) is 0.950. The molecule has 1 fully saturated rings. The zero-order valence-corrected chi connectivity index (χ0v) is 28.0. The number of piperidine rings is 1. The molecule has 11 heteroatoms. The van der Waals surface area contributed by atoms with Crippen LogP contribution in [-0.2, 0) is 32.4 Å². The van der Waals surface area contributed by atoms with Crippen molar-refractivity contribution in [3.8, 4) is 5.75 Å². The fraction of sp³-hybridized carbons (Fsp3) is 0.514. The van der Waals surface area contributed by atoms with Crippen molar-refractivity contribution in [1.29, 1.82) is 0 Å². The zero-order valence-electron chi connectivity index (χ0n) is 27.2. The fourth-order valence-corrected chi connectivity index (χ4v) is 7.59. The van der Waals surface area contributed by atoms with Crippen LogP contribution in [0, 0.1) is 6.92 Å². The van der Waals surface area contributed by atoms with E-state index < -0.39 is 15.6 Å². The van der Waals surface area contributed by atoms with Crippen molar-refractivity contribution in [2.45, 2.75) is 70.8 Å². The predicted molar refractivity (Wildman–Crippen MR) is 179 cm³/mol. The first-order chi connectivity index (χ1) is 22.1. The average molecular weight is 651 g/mol. The van der Waals surface area contributed by atoms with Gasteiger partial charge in [0.15, 0.2) is 0 Å². The van der Waals surface area contributed by atoms with Gasteiger partial charge in [-0.25, -0.2) is 12.7 Å². The molecule has 1 saturated heterocycles. The van der Waals surface area contributed by atoms with Crippen molar-refractivity contribution >= 4 is 27.7 Å². The van der Waals surface area contributed by atoms with E-state index in [2.05, 4.69) is 18.3 Å². The van der Waals surface area contributed by atoms with Crippen LogP contribution in [-0.4, -0.2) is 86.5 Å². The lowest BCUT2D eigenvalue weighted by Gasteiger charge is -2.34. The SMILES string of the molecule is CCCCc1ccc2cc1OCCCC=COCCN(C)C(=O)c1ccc(c(C)c1)CCS(=O)(=O)N1CCC3(CC1)N=C2NC3=O. The molecule has 248 valence electrons. The summed E-state index contributed by atoms with van der Waals surface area (Å²) in [5, 5.41) is 2.98. The number of allylic oxidation sites excluding steroid dienone is 1. The Labute approximate surface area is 272 Å². The first-order valence-corrected chi connectivity index (χ1v) is 18.0. The summed E-state index contributed by atoms with van der Waals surface area (Å²) in [6, 6.07) is 11.4. The molecule has 0 radical (unpaired) electrons. The van der Waals surface area contributed by atoms with Gasteiger partial charge in [0.1, 0.15) is 23.7 Å². The van der Waals surface area contributed by atoms with Crippen LogP contribution in [0.5, 0.6) is 5.75 Å². The third-order valence-electron chi connectivity index (χ3n) is 9.14. The highest BCUT2D eigenvalue weighted by Crippen LogP contribution is 2.33. The second kappa shape index (κ2) is 14.8. The normalized spacial score (nSPS) is 24.1. The molecule has 2 aromatic carbocycles. The summed E-state index contributed by atoms with van der Waals surface area (Å²) in [6.45, 7) is 5.85. The number of carbonyl (C=O) groups is 2. The predicted octanol–water partition coefficient (Wildman–Crippen LogP) is 4.40. The van der Waals surface area contributed by atoms with Gasteiger partial charge < -0.3 is 19.7 Å². The Bertz CT molecular complexity index is 1590. The number of rotatable bonds is 3. The molecule has 7 bridgehead atoms. The molecule has 1 spiro atoms. The summed E-state index contributed by atoms with van der Waals surface area (Å²) >= 11 is 0. The number of sulfonamides is 1. The van der Waals surface area contributed by atoms with E-state index in [1.165, 1.54) is 4.31 Å². The highest BCUT2D eigenvalue weighted by molar-refractivity contribution is 7.89. The minimum atomic E-state index is -3.56. The van der Waals surface area contributed by atoms with Gasteiger partial charge >= 0.3 is 0 Å². The average Bonchev–Trinajstić information content (AvgIpc) is 3.36. The number of amidine groups is 1. The highest BCUT2D eigenvalue weighted by Gasteiger charge is 2.47. The van der Waals surface area contributed by atoms with Gasteiger partial charge in [-0.1, -0.05) is 31.5 Å². The molecule has 2 amide bonds. The number of fused-ring (bicyclic) bond motifs is 2. The minimum absolute atomic E-state index is 0.0488. The van der Waals surface area contributed by atoms with E-state index in [0.717, 1.165) is 60.1 Å². The fourth-order valence-electron chi connectivity index (χ4n) is 6.11. The van der Waals surface area contributed by atoms with Gasteiger partial charge in [0.2, 0.25) is 10.0 Å². The van der Waals surface area contributed by atoms with Crippen LogP contribution in [0.2, 0.25) is 0 Å². The quantitative estimate of drug-likeness (QED) is 0.527. The standard InChI is InChI=1S/C35H46N4O6S/c1-4-5-9-28-11-12-29-25-31(28)45-21-8-6-7-20-44-22-19-38(3)33(40)30-13-10-27(26(2)24-30)14-23-46(42,43)39-17-15-35(16-18-39)34(41)36-32(29)37-35/h7,10-13,20,24-25H,4-6,8-9,14-19,21-23H2,1-3H3,(H,36,37,41). The van der Waals surface area contributed by atoms with Crippen molar-refractivity contribution in [2.75, 3.05) is 45.6 Å². The Morgan fingerprint density at radius 3 is 2.57 bits per heavy atom. The van der Waals surface area contributed by atoms with Crippen molar-refractivity contribution in [3.05, 3.63) is 76.6 Å². The van der Waals surface area contributed by atoms with E-state index in [1.807, 2.05) is 37.3 Å². The first kappa shape index (κ1) is 33.7. The van der Waals surface area contributed by atoms with E-state index in [1.54, 1.807) is 24.3 Å². The van der Waals surface area contributed by atoms with E-state index in [-0.39, 0.29) is 30.7 Å². The molecule has 0 aromatic heterocycles. The van der Waals surface area contributed by atoms with Crippen LogP contribution < -0.4 is 10.1 Å². The number of nitrogens with zero attached hydrogens (tertiary/aromatic N) is 3. The van der Waals surface area contributed by atoms with Crippen LogP contribution in [0.15, 0.2) is 53.7 Å². The maximum absolute atomic E-state index is 13.4. The number of amides is 2. The molecule has 0 aliphatic carbocycles. The van der Waals surface area contributed by atoms with Crippen molar-refractivity contribution in [2.24, 2.45) is 4.99 Å². The Morgan fingerprint density at radius 1 is 1.02 bits per heavy atom. The van der Waals surface area contributed by atoms with E-state index >= 15 is 0 Å². The van der Waals surface area contributed by atoms with Crippen LogP contribution in [0.4, 0.5) is 0 Å². The van der Waals surface area contributed by atoms with E-state index in [4.69, 9.17) is 14.5 Å². The summed E-state index contributed by atoms with van der Waals surface area (Å²) in [7, 11) is -1.82. The molecule has 1 N–H and O–H groups in total. The summed E-state index contributed by atoms with van der Waals surface area (Å²) in [5.41, 5.74) is 3.24. The van der Waals surface area contributed by atoms with Crippen molar-refractivity contribution in [3.63, 3.8) is 0 Å². The molecule has 0 unspecified atom stereocenters. The van der Waals surface area contributed by atoms with Gasteiger partial charge in [-0.3, -0.25) is 14.6 Å². The number of aliphatic imine (C=N–C) groups is 1. The van der Waals surface area contributed by atoms with Gasteiger partial charge in [0.25, 0.3) is 11.8 Å². The lowest BCUT2D eigenvalue weighted by atomic mass is 9.89. The van der Waals surface area contributed by atoms with Crippen LogP contribution in [0.1, 0.15) is 78.1 Å². The summed E-state index contributed by atoms with van der Waals surface area (Å²) in [4.78, 5) is 32.8. The van der Waals surface area contributed by atoms with E-state index in [0.29, 0.717) is 50.4 Å². The largest absolute Gasteiger partial charge is 0.500 e.